The standard InChI is InChI=1S/C23H28NO8P/c1-3-31-33(27,32-4-2)17-29-19(15-28-14-18-10-6-5-7-11-18)16-30-24-22(25)20-12-8-9-13-21(20)23(24)26/h5-13,19H,3-4,14-17H2,1-2H3. The first kappa shape index (κ1) is 25.2. The Morgan fingerprint density at radius 2 is 1.42 bits per heavy atom. The van der Waals surface area contributed by atoms with Gasteiger partial charge in [-0.3, -0.25) is 19.0 Å². The minimum absolute atomic E-state index is 0.0658. The monoisotopic (exact) mass is 477 g/mol. The Balaban J connectivity index is 1.62. The lowest BCUT2D eigenvalue weighted by molar-refractivity contribution is -0.136. The first-order valence-corrected chi connectivity index (χ1v) is 12.4. The van der Waals surface area contributed by atoms with E-state index in [1.807, 2.05) is 30.3 Å². The van der Waals surface area contributed by atoms with Gasteiger partial charge in [0.15, 0.2) is 0 Å². The molecule has 9 nitrogen and oxygen atoms in total. The van der Waals surface area contributed by atoms with Crippen molar-refractivity contribution in [2.45, 2.75) is 26.6 Å². The molecule has 2 aromatic carbocycles. The van der Waals surface area contributed by atoms with E-state index in [1.165, 1.54) is 0 Å². The normalized spacial score (nSPS) is 14.5. The summed E-state index contributed by atoms with van der Waals surface area (Å²) in [5, 5.41) is 0.711. The number of benzene rings is 2. The van der Waals surface area contributed by atoms with Gasteiger partial charge in [-0.1, -0.05) is 42.5 Å². The van der Waals surface area contributed by atoms with Gasteiger partial charge in [0.05, 0.1) is 37.6 Å². The van der Waals surface area contributed by atoms with E-state index in [0.717, 1.165) is 5.56 Å². The van der Waals surface area contributed by atoms with Crippen LogP contribution in [0.25, 0.3) is 0 Å². The fourth-order valence-corrected chi connectivity index (χ4v) is 4.57. The molecule has 0 saturated heterocycles. The molecule has 1 heterocycles. The van der Waals surface area contributed by atoms with Crippen LogP contribution in [0.2, 0.25) is 0 Å². The number of carbonyl (C=O) groups is 2. The maximum atomic E-state index is 12.8. The van der Waals surface area contributed by atoms with Crippen LogP contribution in [-0.4, -0.2) is 55.8 Å². The second-order valence-electron chi connectivity index (χ2n) is 7.11. The van der Waals surface area contributed by atoms with Crippen molar-refractivity contribution in [3.8, 4) is 0 Å². The summed E-state index contributed by atoms with van der Waals surface area (Å²) >= 11 is 0. The van der Waals surface area contributed by atoms with Gasteiger partial charge >= 0.3 is 7.60 Å². The molecule has 10 heteroatoms. The Labute approximate surface area is 193 Å². The third-order valence-electron chi connectivity index (χ3n) is 4.68. The van der Waals surface area contributed by atoms with Crippen LogP contribution in [0, 0.1) is 0 Å². The van der Waals surface area contributed by atoms with Gasteiger partial charge in [0.1, 0.15) is 19.1 Å². The van der Waals surface area contributed by atoms with E-state index in [2.05, 4.69) is 0 Å². The summed E-state index contributed by atoms with van der Waals surface area (Å²) in [6.45, 7) is 4.01. The van der Waals surface area contributed by atoms with Crippen molar-refractivity contribution >= 4 is 19.4 Å². The molecule has 0 spiro atoms. The molecule has 3 rings (SSSR count). The van der Waals surface area contributed by atoms with Crippen LogP contribution in [0.1, 0.15) is 40.1 Å². The van der Waals surface area contributed by atoms with Crippen LogP contribution in [0.5, 0.6) is 0 Å². The average Bonchev–Trinajstić information content (AvgIpc) is 3.06. The summed E-state index contributed by atoms with van der Waals surface area (Å²) in [6.07, 6.45) is -1.06. The Hall–Kier alpha value is -2.39. The van der Waals surface area contributed by atoms with Crippen LogP contribution in [0.3, 0.4) is 0 Å². The Morgan fingerprint density at radius 3 is 2.00 bits per heavy atom. The van der Waals surface area contributed by atoms with Crippen LogP contribution < -0.4 is 0 Å². The van der Waals surface area contributed by atoms with Crippen molar-refractivity contribution < 1.29 is 37.5 Å². The fourth-order valence-electron chi connectivity index (χ4n) is 3.17. The number of amides is 2. The van der Waals surface area contributed by atoms with Gasteiger partial charge in [-0.05, 0) is 31.5 Å². The van der Waals surface area contributed by atoms with Crippen LogP contribution >= 0.6 is 7.60 Å². The third-order valence-corrected chi connectivity index (χ3v) is 6.45. The maximum absolute atomic E-state index is 12.8. The van der Waals surface area contributed by atoms with Crippen molar-refractivity contribution in [3.05, 3.63) is 71.3 Å². The second-order valence-corrected chi connectivity index (χ2v) is 9.11. The molecule has 0 N–H and O–H groups in total. The minimum atomic E-state index is -3.47. The molecule has 1 atom stereocenters. The molecule has 0 aliphatic carbocycles. The van der Waals surface area contributed by atoms with Gasteiger partial charge in [0.25, 0.3) is 11.8 Å². The number of fused-ring (bicyclic) bond motifs is 1. The molecule has 0 bridgehead atoms. The number of nitrogens with zero attached hydrogens (tertiary/aromatic N) is 1. The summed E-state index contributed by atoms with van der Waals surface area (Å²) in [5.74, 6) is -1.09. The van der Waals surface area contributed by atoms with E-state index in [0.29, 0.717) is 11.7 Å². The number of ether oxygens (including phenoxy) is 2. The van der Waals surface area contributed by atoms with Crippen molar-refractivity contribution in [1.82, 2.24) is 5.06 Å². The third kappa shape index (κ3) is 6.80. The topological polar surface area (TPSA) is 101 Å². The number of hydroxylamine groups is 2. The van der Waals surface area contributed by atoms with E-state index in [9.17, 15) is 14.2 Å². The number of imide groups is 1. The number of hydrogen-bond acceptors (Lipinski definition) is 8. The predicted molar refractivity (Wildman–Crippen MR) is 120 cm³/mol. The largest absolute Gasteiger partial charge is 0.374 e. The molecule has 0 aromatic heterocycles. The zero-order valence-corrected chi connectivity index (χ0v) is 19.6. The van der Waals surface area contributed by atoms with Gasteiger partial charge in [-0.15, -0.1) is 5.06 Å². The van der Waals surface area contributed by atoms with Gasteiger partial charge in [-0.2, -0.15) is 0 Å². The SMILES string of the molecule is CCOP(=O)(COC(COCc1ccccc1)CON1C(=O)c2ccccc2C1=O)OCC. The summed E-state index contributed by atoms with van der Waals surface area (Å²) in [4.78, 5) is 30.6. The molecule has 0 saturated carbocycles. The molecule has 33 heavy (non-hydrogen) atoms. The summed E-state index contributed by atoms with van der Waals surface area (Å²) in [6, 6.07) is 16.0. The van der Waals surface area contributed by atoms with Crippen LogP contribution in [0.15, 0.2) is 54.6 Å². The Bertz CT molecular complexity index is 938. The number of rotatable bonds is 14. The van der Waals surface area contributed by atoms with E-state index in [1.54, 1.807) is 38.1 Å². The predicted octanol–water partition coefficient (Wildman–Crippen LogP) is 4.04. The number of hydrogen-bond donors (Lipinski definition) is 0. The lowest BCUT2D eigenvalue weighted by Crippen LogP contribution is -2.36. The van der Waals surface area contributed by atoms with Gasteiger partial charge in [0.2, 0.25) is 0 Å². The fraction of sp³-hybridized carbons (Fsp3) is 0.391. The first-order valence-electron chi connectivity index (χ1n) is 10.7. The zero-order valence-electron chi connectivity index (χ0n) is 18.7. The highest BCUT2D eigenvalue weighted by Gasteiger charge is 2.37. The van der Waals surface area contributed by atoms with Crippen molar-refractivity contribution in [2.75, 3.05) is 32.8 Å². The van der Waals surface area contributed by atoms with E-state index in [-0.39, 0.29) is 43.9 Å². The number of carbonyl (C=O) groups excluding carboxylic acids is 2. The highest BCUT2D eigenvalue weighted by Crippen LogP contribution is 2.48. The molecule has 2 amide bonds. The zero-order chi connectivity index (χ0) is 23.7. The van der Waals surface area contributed by atoms with Gasteiger partial charge in [-0.25, -0.2) is 0 Å². The molecular formula is C23H28NO8P. The molecular weight excluding hydrogens is 449 g/mol. The minimum Gasteiger partial charge on any atom is -0.374 e. The molecule has 1 aliphatic heterocycles. The van der Waals surface area contributed by atoms with Crippen molar-refractivity contribution in [3.63, 3.8) is 0 Å². The highest BCUT2D eigenvalue weighted by atomic mass is 31.2. The molecule has 0 radical (unpaired) electrons. The highest BCUT2D eigenvalue weighted by molar-refractivity contribution is 7.53. The first-order chi connectivity index (χ1) is 16.0. The van der Waals surface area contributed by atoms with Gasteiger partial charge in [0, 0.05) is 0 Å². The lowest BCUT2D eigenvalue weighted by atomic mass is 10.1. The molecule has 1 aliphatic rings. The van der Waals surface area contributed by atoms with E-state index in [4.69, 9.17) is 23.4 Å². The maximum Gasteiger partial charge on any atom is 0.356 e. The van der Waals surface area contributed by atoms with Crippen molar-refractivity contribution in [2.24, 2.45) is 0 Å². The summed E-state index contributed by atoms with van der Waals surface area (Å²) in [5.41, 5.74) is 1.52. The molecule has 178 valence electrons. The quantitative estimate of drug-likeness (QED) is 0.297. The Kier molecular flexibility index (Phi) is 9.31. The lowest BCUT2D eigenvalue weighted by Gasteiger charge is -2.23. The Morgan fingerprint density at radius 1 is 0.848 bits per heavy atom. The molecule has 2 aromatic rings. The van der Waals surface area contributed by atoms with Gasteiger partial charge < -0.3 is 18.5 Å². The average molecular weight is 477 g/mol. The smallest absolute Gasteiger partial charge is 0.356 e. The van der Waals surface area contributed by atoms with Crippen LogP contribution in [-0.2, 0) is 34.5 Å². The van der Waals surface area contributed by atoms with E-state index >= 15 is 0 Å². The van der Waals surface area contributed by atoms with Crippen molar-refractivity contribution in [1.29, 1.82) is 0 Å². The van der Waals surface area contributed by atoms with E-state index < -0.39 is 25.5 Å². The molecule has 0 fully saturated rings. The summed E-state index contributed by atoms with van der Waals surface area (Å²) in [7, 11) is -3.47. The summed E-state index contributed by atoms with van der Waals surface area (Å²) < 4.78 is 34.7. The van der Waals surface area contributed by atoms with Crippen LogP contribution in [0.4, 0.5) is 0 Å². The second kappa shape index (κ2) is 12.2. The molecule has 1 unspecified atom stereocenters.